The summed E-state index contributed by atoms with van der Waals surface area (Å²) in [6.45, 7) is 19.3. The summed E-state index contributed by atoms with van der Waals surface area (Å²) in [4.78, 5) is 44.1. The fourth-order valence-electron chi connectivity index (χ4n) is 6.05. The van der Waals surface area contributed by atoms with Crippen molar-refractivity contribution in [3.05, 3.63) is 103 Å². The van der Waals surface area contributed by atoms with E-state index in [9.17, 15) is 14.4 Å². The molecule has 0 spiro atoms. The predicted molar refractivity (Wildman–Crippen MR) is 151 cm³/mol. The van der Waals surface area contributed by atoms with Crippen LogP contribution in [0.4, 0.5) is 0 Å². The van der Waals surface area contributed by atoms with Crippen LogP contribution in [0.5, 0.6) is 0 Å². The summed E-state index contributed by atoms with van der Waals surface area (Å²) in [7, 11) is 0. The number of aryl methyl sites for hydroxylation is 9. The van der Waals surface area contributed by atoms with Gasteiger partial charge in [-0.25, -0.2) is 0 Å². The van der Waals surface area contributed by atoms with Gasteiger partial charge in [0.1, 0.15) is 0 Å². The third kappa shape index (κ3) is 4.66. The quantitative estimate of drug-likeness (QED) is 0.290. The van der Waals surface area contributed by atoms with Gasteiger partial charge in [-0.15, -0.1) is 0 Å². The van der Waals surface area contributed by atoms with E-state index >= 15 is 0 Å². The maximum absolute atomic E-state index is 14.7. The summed E-state index contributed by atoms with van der Waals surface area (Å²) in [5.74, 6) is 0. The van der Waals surface area contributed by atoms with Crippen LogP contribution in [0.25, 0.3) is 0 Å². The van der Waals surface area contributed by atoms with Gasteiger partial charge in [-0.05, 0) is 0 Å². The molecule has 0 aromatic heterocycles. The summed E-state index contributed by atoms with van der Waals surface area (Å²) in [6.07, 6.45) is 0. The molecule has 3 aromatic rings. The second kappa shape index (κ2) is 10.3. The Labute approximate surface area is 218 Å². The minimum absolute atomic E-state index is 0.221. The molecule has 0 amide bonds. The first-order valence-corrected chi connectivity index (χ1v) is 17.3. The first-order valence-electron chi connectivity index (χ1n) is 12.6. The van der Waals surface area contributed by atoms with Crippen LogP contribution in [0, 0.1) is 62.3 Å². The van der Waals surface area contributed by atoms with Crippen molar-refractivity contribution >= 4 is 27.1 Å². The molecule has 0 radical (unpaired) electrons. The van der Waals surface area contributed by atoms with Crippen LogP contribution in [0.15, 0.2) is 36.4 Å². The van der Waals surface area contributed by atoms with Gasteiger partial charge in [0.05, 0.1) is 0 Å². The van der Waals surface area contributed by atoms with Crippen molar-refractivity contribution in [2.75, 3.05) is 0 Å². The first kappa shape index (κ1) is 27.8. The van der Waals surface area contributed by atoms with E-state index in [1.165, 1.54) is 0 Å². The standard InChI is InChI=1S/C32H38GeO3/c1-11-33(30(34)27-21(5)12-18(2)13-22(27)6,31(35)28-23(7)14-19(3)15-24(28)8)32(36)29-25(9)16-20(4)17-26(29)10/h12-17H,11H2,1-10H3. The van der Waals surface area contributed by atoms with Crippen LogP contribution in [0.2, 0.25) is 5.25 Å². The zero-order valence-electron chi connectivity index (χ0n) is 23.4. The van der Waals surface area contributed by atoms with Gasteiger partial charge in [0.2, 0.25) is 0 Å². The molecule has 0 aliphatic rings. The van der Waals surface area contributed by atoms with E-state index in [-0.39, 0.29) is 19.1 Å². The van der Waals surface area contributed by atoms with Crippen LogP contribution >= 0.6 is 0 Å². The van der Waals surface area contributed by atoms with E-state index < -0.39 is 13.3 Å². The van der Waals surface area contributed by atoms with E-state index in [4.69, 9.17) is 0 Å². The molecule has 0 N–H and O–H groups in total. The van der Waals surface area contributed by atoms with E-state index in [0.29, 0.717) is 16.7 Å². The molecule has 0 atom stereocenters. The van der Waals surface area contributed by atoms with Gasteiger partial charge in [0.25, 0.3) is 0 Å². The van der Waals surface area contributed by atoms with Crippen LogP contribution in [0.3, 0.4) is 0 Å². The van der Waals surface area contributed by atoms with E-state index in [1.807, 2.05) is 106 Å². The maximum atomic E-state index is 14.7. The molecule has 4 heteroatoms. The average Bonchev–Trinajstić information content (AvgIpc) is 2.72. The van der Waals surface area contributed by atoms with Crippen molar-refractivity contribution in [1.29, 1.82) is 0 Å². The fraction of sp³-hybridized carbons (Fsp3) is 0.344. The molecule has 0 heterocycles. The Morgan fingerprint density at radius 2 is 0.667 bits per heavy atom. The summed E-state index contributed by atoms with van der Waals surface area (Å²) < 4.78 is -0.663. The average molecular weight is 543 g/mol. The third-order valence-corrected chi connectivity index (χ3v) is 16.1. The van der Waals surface area contributed by atoms with Crippen LogP contribution in [0.1, 0.15) is 88.1 Å². The monoisotopic (exact) mass is 544 g/mol. The Morgan fingerprint density at radius 1 is 0.472 bits per heavy atom. The van der Waals surface area contributed by atoms with Gasteiger partial charge in [0, 0.05) is 0 Å². The molecule has 0 aliphatic heterocycles. The molecular formula is C32H38GeO3. The topological polar surface area (TPSA) is 51.2 Å². The molecule has 3 nitrogen and oxygen atoms in total. The molecule has 0 saturated heterocycles. The Balaban J connectivity index is 2.43. The van der Waals surface area contributed by atoms with E-state index in [0.717, 1.165) is 50.1 Å². The van der Waals surface area contributed by atoms with Gasteiger partial charge >= 0.3 is 219 Å². The number of hydrogen-bond donors (Lipinski definition) is 0. The first-order chi connectivity index (χ1) is 16.8. The summed E-state index contributed by atoms with van der Waals surface area (Å²) in [5.41, 5.74) is 9.81. The van der Waals surface area contributed by atoms with Crippen molar-refractivity contribution in [3.63, 3.8) is 0 Å². The minimum atomic E-state index is -4.69. The molecular weight excluding hydrogens is 505 g/mol. The number of benzene rings is 3. The van der Waals surface area contributed by atoms with Crippen LogP contribution in [-0.2, 0) is 0 Å². The van der Waals surface area contributed by atoms with Crippen LogP contribution in [-0.4, -0.2) is 27.1 Å². The van der Waals surface area contributed by atoms with Gasteiger partial charge in [-0.2, -0.15) is 0 Å². The molecule has 188 valence electrons. The number of carbonyl (C=O) groups is 3. The molecule has 0 bridgehead atoms. The van der Waals surface area contributed by atoms with Crippen molar-refractivity contribution in [2.24, 2.45) is 0 Å². The zero-order valence-corrected chi connectivity index (χ0v) is 25.5. The van der Waals surface area contributed by atoms with Gasteiger partial charge in [0.15, 0.2) is 0 Å². The zero-order chi connectivity index (χ0) is 27.1. The fourth-order valence-corrected chi connectivity index (χ4v) is 14.5. The van der Waals surface area contributed by atoms with Crippen molar-refractivity contribution in [3.8, 4) is 0 Å². The number of hydrogen-bond acceptors (Lipinski definition) is 3. The molecule has 0 fully saturated rings. The SMILES string of the molecule is C[CH2][Ge]([C](=O)c1c(C)cc(C)cc1C)([C](=O)c1c(C)cc(C)cc1C)[C](=O)c1c(C)cc(C)cc1C. The molecule has 3 aromatic carbocycles. The normalized spacial score (nSPS) is 11.5. The molecule has 0 unspecified atom stereocenters. The van der Waals surface area contributed by atoms with Gasteiger partial charge in [-0.1, -0.05) is 0 Å². The molecule has 0 saturated carbocycles. The second-order valence-corrected chi connectivity index (χ2v) is 18.7. The van der Waals surface area contributed by atoms with Crippen molar-refractivity contribution < 1.29 is 14.4 Å². The Hall–Kier alpha value is -2.79. The third-order valence-electron chi connectivity index (χ3n) is 7.41. The Kier molecular flexibility index (Phi) is 7.95. The Bertz CT molecular complexity index is 1170. The summed E-state index contributed by atoms with van der Waals surface area (Å²) >= 11 is -4.69. The van der Waals surface area contributed by atoms with Crippen molar-refractivity contribution in [2.45, 2.75) is 74.5 Å². The van der Waals surface area contributed by atoms with Gasteiger partial charge in [-0.3, -0.25) is 0 Å². The summed E-state index contributed by atoms with van der Waals surface area (Å²) in [6, 6.07) is 11.8. The Morgan fingerprint density at radius 3 is 0.833 bits per heavy atom. The van der Waals surface area contributed by atoms with Crippen molar-refractivity contribution in [1.82, 2.24) is 0 Å². The van der Waals surface area contributed by atoms with E-state index in [2.05, 4.69) is 0 Å². The van der Waals surface area contributed by atoms with Gasteiger partial charge < -0.3 is 0 Å². The number of rotatable bonds is 7. The van der Waals surface area contributed by atoms with E-state index in [1.54, 1.807) is 0 Å². The predicted octanol–water partition coefficient (Wildman–Crippen LogP) is 7.50. The molecule has 3 rings (SSSR count). The second-order valence-electron chi connectivity index (χ2n) is 10.6. The number of carbonyl (C=O) groups excluding carboxylic acids is 3. The van der Waals surface area contributed by atoms with Crippen LogP contribution < -0.4 is 0 Å². The molecule has 36 heavy (non-hydrogen) atoms. The molecule has 0 aliphatic carbocycles. The summed E-state index contributed by atoms with van der Waals surface area (Å²) in [5, 5.41) is 0.267.